The van der Waals surface area contributed by atoms with Gasteiger partial charge in [-0.15, -0.1) is 0 Å². The van der Waals surface area contributed by atoms with Crippen molar-refractivity contribution in [2.75, 3.05) is 6.54 Å². The van der Waals surface area contributed by atoms with Crippen molar-refractivity contribution in [1.29, 1.82) is 0 Å². The smallest absolute Gasteiger partial charge is 0.220 e. The molecule has 110 valence electrons. The van der Waals surface area contributed by atoms with Crippen LogP contribution in [0.15, 0.2) is 24.3 Å². The van der Waals surface area contributed by atoms with Crippen molar-refractivity contribution in [2.45, 2.75) is 51.5 Å². The summed E-state index contributed by atoms with van der Waals surface area (Å²) in [6.45, 7) is 2.89. The van der Waals surface area contributed by atoms with Gasteiger partial charge in [-0.3, -0.25) is 4.79 Å². The van der Waals surface area contributed by atoms with Crippen molar-refractivity contribution in [1.82, 2.24) is 5.32 Å². The summed E-state index contributed by atoms with van der Waals surface area (Å²) in [7, 11) is 0. The standard InChI is InChI=1S/C17H26N2O/c1-2-13(11-12-18)7-10-17(20)19-16-9-8-14-5-3-4-6-15(14)16/h3-6,13,16H,2,7-12,18H2,1H3,(H,19,20). The van der Waals surface area contributed by atoms with Crippen LogP contribution in [0.5, 0.6) is 0 Å². The minimum absolute atomic E-state index is 0.183. The highest BCUT2D eigenvalue weighted by Crippen LogP contribution is 2.30. The zero-order chi connectivity index (χ0) is 14.4. The number of hydrogen-bond acceptors (Lipinski definition) is 2. The molecule has 3 N–H and O–H groups in total. The molecule has 0 aromatic heterocycles. The molecular formula is C17H26N2O. The molecule has 2 unspecified atom stereocenters. The SMILES string of the molecule is CCC(CCN)CCC(=O)NC1CCc2ccccc21. The second kappa shape index (κ2) is 7.44. The lowest BCUT2D eigenvalue weighted by Crippen LogP contribution is -2.27. The predicted octanol–water partition coefficient (Wildman–Crippen LogP) is 2.95. The van der Waals surface area contributed by atoms with Crippen LogP contribution < -0.4 is 11.1 Å². The van der Waals surface area contributed by atoms with E-state index in [2.05, 4.69) is 36.5 Å². The van der Waals surface area contributed by atoms with E-state index < -0.39 is 0 Å². The summed E-state index contributed by atoms with van der Waals surface area (Å²) in [4.78, 5) is 12.1. The first-order chi connectivity index (χ1) is 9.74. The van der Waals surface area contributed by atoms with Gasteiger partial charge < -0.3 is 11.1 Å². The Balaban J connectivity index is 1.81. The first kappa shape index (κ1) is 15.0. The van der Waals surface area contributed by atoms with Crippen molar-refractivity contribution in [3.05, 3.63) is 35.4 Å². The highest BCUT2D eigenvalue weighted by atomic mass is 16.1. The molecule has 1 aliphatic carbocycles. The summed E-state index contributed by atoms with van der Waals surface area (Å²) in [5.41, 5.74) is 8.28. The van der Waals surface area contributed by atoms with Crippen molar-refractivity contribution in [3.63, 3.8) is 0 Å². The summed E-state index contributed by atoms with van der Waals surface area (Å²) in [6.07, 6.45) is 5.81. The number of carbonyl (C=O) groups is 1. The fourth-order valence-corrected chi connectivity index (χ4v) is 3.10. The fraction of sp³-hybridized carbons (Fsp3) is 0.588. The van der Waals surface area contributed by atoms with Gasteiger partial charge in [-0.2, -0.15) is 0 Å². The third-order valence-corrected chi connectivity index (χ3v) is 4.40. The second-order valence-corrected chi connectivity index (χ2v) is 5.75. The molecule has 0 saturated carbocycles. The third kappa shape index (κ3) is 3.83. The average Bonchev–Trinajstić information content (AvgIpc) is 2.87. The summed E-state index contributed by atoms with van der Waals surface area (Å²) in [6, 6.07) is 8.64. The lowest BCUT2D eigenvalue weighted by atomic mass is 9.96. The van der Waals surface area contributed by atoms with Crippen LogP contribution >= 0.6 is 0 Å². The maximum Gasteiger partial charge on any atom is 0.220 e. The largest absolute Gasteiger partial charge is 0.349 e. The van der Waals surface area contributed by atoms with E-state index in [0.29, 0.717) is 12.3 Å². The first-order valence-corrected chi connectivity index (χ1v) is 7.81. The highest BCUT2D eigenvalue weighted by Gasteiger charge is 2.23. The van der Waals surface area contributed by atoms with Crippen LogP contribution in [-0.2, 0) is 11.2 Å². The quantitative estimate of drug-likeness (QED) is 0.803. The Morgan fingerprint density at radius 3 is 2.95 bits per heavy atom. The summed E-state index contributed by atoms with van der Waals surface area (Å²) < 4.78 is 0. The van der Waals surface area contributed by atoms with Crippen LogP contribution in [0.3, 0.4) is 0 Å². The van der Waals surface area contributed by atoms with Gasteiger partial charge in [-0.1, -0.05) is 37.6 Å². The number of fused-ring (bicyclic) bond motifs is 1. The molecule has 0 aliphatic heterocycles. The van der Waals surface area contributed by atoms with Crippen molar-refractivity contribution < 1.29 is 4.79 Å². The molecule has 20 heavy (non-hydrogen) atoms. The number of amides is 1. The molecule has 2 rings (SSSR count). The molecule has 1 amide bonds. The summed E-state index contributed by atoms with van der Waals surface area (Å²) in [5, 5.41) is 3.19. The molecule has 0 radical (unpaired) electrons. The van der Waals surface area contributed by atoms with Crippen molar-refractivity contribution in [2.24, 2.45) is 11.7 Å². The van der Waals surface area contributed by atoms with Crippen LogP contribution in [-0.4, -0.2) is 12.5 Å². The predicted molar refractivity (Wildman–Crippen MR) is 82.3 cm³/mol. The Morgan fingerprint density at radius 1 is 1.40 bits per heavy atom. The molecule has 3 heteroatoms. The van der Waals surface area contributed by atoms with Crippen LogP contribution in [0, 0.1) is 5.92 Å². The lowest BCUT2D eigenvalue weighted by molar-refractivity contribution is -0.122. The van der Waals surface area contributed by atoms with E-state index in [4.69, 9.17) is 5.73 Å². The van der Waals surface area contributed by atoms with Gasteiger partial charge >= 0.3 is 0 Å². The monoisotopic (exact) mass is 274 g/mol. The molecular weight excluding hydrogens is 248 g/mol. The fourth-order valence-electron chi connectivity index (χ4n) is 3.10. The Bertz CT molecular complexity index is 444. The Kier molecular flexibility index (Phi) is 5.60. The molecule has 0 bridgehead atoms. The molecule has 1 aliphatic rings. The van der Waals surface area contributed by atoms with Gasteiger partial charge in [0, 0.05) is 6.42 Å². The van der Waals surface area contributed by atoms with Gasteiger partial charge in [0.05, 0.1) is 6.04 Å². The van der Waals surface area contributed by atoms with Gasteiger partial charge in [0.1, 0.15) is 0 Å². The Morgan fingerprint density at radius 2 is 2.20 bits per heavy atom. The van der Waals surface area contributed by atoms with Crippen LogP contribution in [0.4, 0.5) is 0 Å². The van der Waals surface area contributed by atoms with Gasteiger partial charge in [0.15, 0.2) is 0 Å². The van der Waals surface area contributed by atoms with Crippen molar-refractivity contribution in [3.8, 4) is 0 Å². The molecule has 0 fully saturated rings. The number of carbonyl (C=O) groups excluding carboxylic acids is 1. The van der Waals surface area contributed by atoms with Crippen LogP contribution in [0.1, 0.15) is 56.2 Å². The number of benzene rings is 1. The van der Waals surface area contributed by atoms with Gasteiger partial charge in [0.2, 0.25) is 5.91 Å². The second-order valence-electron chi connectivity index (χ2n) is 5.75. The van der Waals surface area contributed by atoms with E-state index in [1.165, 1.54) is 11.1 Å². The number of aryl methyl sites for hydroxylation is 1. The van der Waals surface area contributed by atoms with E-state index in [1.807, 2.05) is 0 Å². The molecule has 3 nitrogen and oxygen atoms in total. The molecule has 0 saturated heterocycles. The maximum absolute atomic E-state index is 12.1. The third-order valence-electron chi connectivity index (χ3n) is 4.40. The minimum Gasteiger partial charge on any atom is -0.349 e. The molecule has 1 aromatic rings. The number of rotatable bonds is 7. The van der Waals surface area contributed by atoms with Crippen LogP contribution in [0.25, 0.3) is 0 Å². The number of nitrogens with two attached hydrogens (primary N) is 1. The Hall–Kier alpha value is -1.35. The van der Waals surface area contributed by atoms with Gasteiger partial charge in [-0.25, -0.2) is 0 Å². The molecule has 2 atom stereocenters. The zero-order valence-electron chi connectivity index (χ0n) is 12.4. The summed E-state index contributed by atoms with van der Waals surface area (Å²) in [5.74, 6) is 0.767. The molecule has 0 heterocycles. The molecule has 0 spiro atoms. The van der Waals surface area contributed by atoms with E-state index in [1.54, 1.807) is 0 Å². The minimum atomic E-state index is 0.183. The number of hydrogen-bond donors (Lipinski definition) is 2. The topological polar surface area (TPSA) is 55.1 Å². The van der Waals surface area contributed by atoms with Gasteiger partial charge in [-0.05, 0) is 49.3 Å². The van der Waals surface area contributed by atoms with E-state index in [9.17, 15) is 4.79 Å². The lowest BCUT2D eigenvalue weighted by Gasteiger charge is -2.16. The van der Waals surface area contributed by atoms with Crippen molar-refractivity contribution >= 4 is 5.91 Å². The van der Waals surface area contributed by atoms with Gasteiger partial charge in [0.25, 0.3) is 0 Å². The van der Waals surface area contributed by atoms with E-state index >= 15 is 0 Å². The van der Waals surface area contributed by atoms with E-state index in [-0.39, 0.29) is 11.9 Å². The first-order valence-electron chi connectivity index (χ1n) is 7.81. The number of nitrogens with one attached hydrogen (secondary N) is 1. The normalized spacial score (nSPS) is 18.6. The maximum atomic E-state index is 12.1. The van der Waals surface area contributed by atoms with Crippen LogP contribution in [0.2, 0.25) is 0 Å². The Labute approximate surface area is 121 Å². The average molecular weight is 274 g/mol. The van der Waals surface area contributed by atoms with E-state index in [0.717, 1.165) is 38.6 Å². The molecule has 1 aromatic carbocycles. The summed E-state index contributed by atoms with van der Waals surface area (Å²) >= 11 is 0. The highest BCUT2D eigenvalue weighted by molar-refractivity contribution is 5.76. The zero-order valence-corrected chi connectivity index (χ0v) is 12.4.